The van der Waals surface area contributed by atoms with Gasteiger partial charge in [0.15, 0.2) is 17.3 Å². The lowest BCUT2D eigenvalue weighted by molar-refractivity contribution is 0.218. The zero-order chi connectivity index (χ0) is 15.4. The summed E-state index contributed by atoms with van der Waals surface area (Å²) in [4.78, 5) is 8.37. The minimum atomic E-state index is 0.353. The number of hydrogen-bond acceptors (Lipinski definition) is 6. The predicted octanol–water partition coefficient (Wildman–Crippen LogP) is 2.16. The van der Waals surface area contributed by atoms with Crippen LogP contribution in [0.25, 0.3) is 0 Å². The Labute approximate surface area is 129 Å². The summed E-state index contributed by atoms with van der Waals surface area (Å²) in [6.07, 6.45) is 4.18. The van der Waals surface area contributed by atoms with Gasteiger partial charge in [-0.05, 0) is 18.1 Å². The highest BCUT2D eigenvalue weighted by atomic mass is 16.5. The van der Waals surface area contributed by atoms with Gasteiger partial charge in [-0.2, -0.15) is 0 Å². The fourth-order valence-electron chi connectivity index (χ4n) is 2.59. The zero-order valence-corrected chi connectivity index (χ0v) is 12.7. The van der Waals surface area contributed by atoms with E-state index in [1.807, 2.05) is 12.1 Å². The maximum atomic E-state index is 5.87. The Hall–Kier alpha value is -2.50. The molecule has 1 unspecified atom stereocenters. The summed E-state index contributed by atoms with van der Waals surface area (Å²) in [5.41, 5.74) is 1.17. The Balaban J connectivity index is 1.66. The molecule has 1 aliphatic rings. The summed E-state index contributed by atoms with van der Waals surface area (Å²) in [5, 5.41) is 3.28. The van der Waals surface area contributed by atoms with Gasteiger partial charge in [0.2, 0.25) is 0 Å². The van der Waals surface area contributed by atoms with Gasteiger partial charge < -0.3 is 19.5 Å². The largest absolute Gasteiger partial charge is 0.493 e. The second-order valence-corrected chi connectivity index (χ2v) is 5.12. The molecular formula is C16H19N3O3. The van der Waals surface area contributed by atoms with Gasteiger partial charge in [-0.3, -0.25) is 0 Å². The molecule has 0 saturated heterocycles. The molecule has 0 saturated carbocycles. The topological polar surface area (TPSA) is 65.5 Å². The van der Waals surface area contributed by atoms with Crippen molar-refractivity contribution in [1.29, 1.82) is 0 Å². The molecule has 2 heterocycles. The van der Waals surface area contributed by atoms with E-state index in [0.29, 0.717) is 24.2 Å². The third kappa shape index (κ3) is 2.90. The highest BCUT2D eigenvalue weighted by Crippen LogP contribution is 2.36. The van der Waals surface area contributed by atoms with Crippen molar-refractivity contribution >= 4 is 5.82 Å². The van der Waals surface area contributed by atoms with E-state index in [2.05, 4.69) is 21.4 Å². The first kappa shape index (κ1) is 14.4. The summed E-state index contributed by atoms with van der Waals surface area (Å²) in [5.74, 6) is 3.16. The Bertz CT molecular complexity index is 648. The smallest absolute Gasteiger partial charge is 0.257 e. The molecule has 1 aromatic carbocycles. The van der Waals surface area contributed by atoms with Gasteiger partial charge in [0.25, 0.3) is 5.88 Å². The maximum Gasteiger partial charge on any atom is 0.257 e. The van der Waals surface area contributed by atoms with E-state index in [1.54, 1.807) is 26.6 Å². The average Bonchev–Trinajstić information content (AvgIpc) is 2.59. The molecule has 0 radical (unpaired) electrons. The third-order valence-corrected chi connectivity index (χ3v) is 3.67. The summed E-state index contributed by atoms with van der Waals surface area (Å²) in [6, 6.07) is 5.98. The number of hydrogen-bond donors (Lipinski definition) is 1. The molecule has 2 aromatic rings. The van der Waals surface area contributed by atoms with Crippen molar-refractivity contribution in [2.45, 2.75) is 6.42 Å². The van der Waals surface area contributed by atoms with Crippen LogP contribution in [-0.2, 0) is 6.42 Å². The summed E-state index contributed by atoms with van der Waals surface area (Å²) < 4.78 is 16.4. The Morgan fingerprint density at radius 3 is 2.91 bits per heavy atom. The molecule has 1 aromatic heterocycles. The number of fused-ring (bicyclic) bond motifs is 1. The molecule has 0 bridgehead atoms. The van der Waals surface area contributed by atoms with E-state index in [-0.39, 0.29) is 0 Å². The summed E-state index contributed by atoms with van der Waals surface area (Å²) in [7, 11) is 3.24. The second kappa shape index (κ2) is 6.51. The monoisotopic (exact) mass is 301 g/mol. The molecule has 1 atom stereocenters. The number of aromatic nitrogens is 2. The lowest BCUT2D eigenvalue weighted by Crippen LogP contribution is -2.27. The highest BCUT2D eigenvalue weighted by molar-refractivity contribution is 5.48. The minimum absolute atomic E-state index is 0.353. The molecule has 1 N–H and O–H groups in total. The Morgan fingerprint density at radius 2 is 2.09 bits per heavy atom. The molecule has 22 heavy (non-hydrogen) atoms. The summed E-state index contributed by atoms with van der Waals surface area (Å²) >= 11 is 0. The van der Waals surface area contributed by atoms with Crippen LogP contribution in [0.15, 0.2) is 30.6 Å². The van der Waals surface area contributed by atoms with Crippen molar-refractivity contribution < 1.29 is 14.2 Å². The molecule has 6 heteroatoms. The number of nitrogens with zero attached hydrogens (tertiary/aromatic N) is 2. The number of methoxy groups -OCH3 is 2. The number of ether oxygens (including phenoxy) is 3. The van der Waals surface area contributed by atoms with Crippen LogP contribution in [0, 0.1) is 5.92 Å². The van der Waals surface area contributed by atoms with E-state index < -0.39 is 0 Å². The third-order valence-electron chi connectivity index (χ3n) is 3.67. The van der Waals surface area contributed by atoms with E-state index >= 15 is 0 Å². The van der Waals surface area contributed by atoms with Gasteiger partial charge in [-0.15, -0.1) is 0 Å². The van der Waals surface area contributed by atoms with Gasteiger partial charge >= 0.3 is 0 Å². The SMILES string of the molecule is COc1cccc2c1OCC(CNc1nccnc1OC)C2. The van der Waals surface area contributed by atoms with Gasteiger partial charge in [0.05, 0.1) is 20.8 Å². The first-order valence-electron chi connectivity index (χ1n) is 7.19. The van der Waals surface area contributed by atoms with Gasteiger partial charge in [0, 0.05) is 24.9 Å². The van der Waals surface area contributed by atoms with Crippen molar-refractivity contribution in [3.8, 4) is 17.4 Å². The van der Waals surface area contributed by atoms with Crippen LogP contribution >= 0.6 is 0 Å². The molecular weight excluding hydrogens is 282 g/mol. The molecule has 0 amide bonds. The fraction of sp³-hybridized carbons (Fsp3) is 0.375. The number of benzene rings is 1. The Morgan fingerprint density at radius 1 is 1.23 bits per heavy atom. The fourth-order valence-corrected chi connectivity index (χ4v) is 2.59. The quantitative estimate of drug-likeness (QED) is 0.913. The van der Waals surface area contributed by atoms with Crippen LogP contribution in [-0.4, -0.2) is 37.3 Å². The van der Waals surface area contributed by atoms with E-state index in [4.69, 9.17) is 14.2 Å². The van der Waals surface area contributed by atoms with Gasteiger partial charge in [0.1, 0.15) is 0 Å². The van der Waals surface area contributed by atoms with Crippen molar-refractivity contribution in [3.63, 3.8) is 0 Å². The molecule has 116 valence electrons. The van der Waals surface area contributed by atoms with Crippen LogP contribution in [0.2, 0.25) is 0 Å². The van der Waals surface area contributed by atoms with Gasteiger partial charge in [-0.1, -0.05) is 12.1 Å². The normalized spacial score (nSPS) is 16.4. The summed E-state index contributed by atoms with van der Waals surface area (Å²) in [6.45, 7) is 1.38. The molecule has 0 spiro atoms. The van der Waals surface area contributed by atoms with Crippen molar-refractivity contribution in [2.75, 3.05) is 32.7 Å². The molecule has 6 nitrogen and oxygen atoms in total. The van der Waals surface area contributed by atoms with Crippen molar-refractivity contribution in [1.82, 2.24) is 9.97 Å². The lowest BCUT2D eigenvalue weighted by Gasteiger charge is -2.26. The zero-order valence-electron chi connectivity index (χ0n) is 12.7. The van der Waals surface area contributed by atoms with Crippen molar-refractivity contribution in [2.24, 2.45) is 5.92 Å². The molecule has 0 fully saturated rings. The maximum absolute atomic E-state index is 5.87. The van der Waals surface area contributed by atoms with E-state index in [0.717, 1.165) is 24.5 Å². The molecule has 0 aliphatic carbocycles. The van der Waals surface area contributed by atoms with Crippen molar-refractivity contribution in [3.05, 3.63) is 36.2 Å². The number of rotatable bonds is 5. The van der Waals surface area contributed by atoms with Crippen LogP contribution in [0.3, 0.4) is 0 Å². The average molecular weight is 301 g/mol. The van der Waals surface area contributed by atoms with E-state index in [9.17, 15) is 0 Å². The first-order valence-corrected chi connectivity index (χ1v) is 7.19. The van der Waals surface area contributed by atoms with Crippen LogP contribution in [0.4, 0.5) is 5.82 Å². The number of anilines is 1. The number of nitrogens with one attached hydrogen (secondary N) is 1. The van der Waals surface area contributed by atoms with Gasteiger partial charge in [-0.25, -0.2) is 9.97 Å². The second-order valence-electron chi connectivity index (χ2n) is 5.12. The first-order chi connectivity index (χ1) is 10.8. The van der Waals surface area contributed by atoms with Crippen LogP contribution < -0.4 is 19.5 Å². The van der Waals surface area contributed by atoms with Crippen LogP contribution in [0.1, 0.15) is 5.56 Å². The number of para-hydroxylation sites is 1. The lowest BCUT2D eigenvalue weighted by atomic mass is 9.96. The Kier molecular flexibility index (Phi) is 4.27. The predicted molar refractivity (Wildman–Crippen MR) is 82.8 cm³/mol. The molecule has 3 rings (SSSR count). The highest BCUT2D eigenvalue weighted by Gasteiger charge is 2.23. The standard InChI is InChI=1S/C16H19N3O3/c1-20-13-5-3-4-12-8-11(10-22-14(12)13)9-19-15-16(21-2)18-7-6-17-15/h3-7,11H,8-10H2,1-2H3,(H,17,19). The molecule has 1 aliphatic heterocycles. The minimum Gasteiger partial charge on any atom is -0.493 e. The van der Waals surface area contributed by atoms with E-state index in [1.165, 1.54) is 5.56 Å². The van der Waals surface area contributed by atoms with Crippen LogP contribution in [0.5, 0.6) is 17.4 Å².